The van der Waals surface area contributed by atoms with Gasteiger partial charge in [0.15, 0.2) is 0 Å². The van der Waals surface area contributed by atoms with Gasteiger partial charge in [0.1, 0.15) is 12.7 Å². The molecule has 0 bridgehead atoms. The molecule has 2 atom stereocenters. The highest BCUT2D eigenvalue weighted by Crippen LogP contribution is 2.42. The van der Waals surface area contributed by atoms with Gasteiger partial charge in [-0.3, -0.25) is 18.6 Å². The molecule has 0 aromatic heterocycles. The van der Waals surface area contributed by atoms with E-state index in [1.165, 1.54) is 135 Å². The van der Waals surface area contributed by atoms with Gasteiger partial charge in [-0.05, 0) is 51.4 Å². The first-order valence-corrected chi connectivity index (χ1v) is 24.5. The van der Waals surface area contributed by atoms with Crippen molar-refractivity contribution in [3.63, 3.8) is 0 Å². The number of hydrogen-bond donors (Lipinski definition) is 3. The van der Waals surface area contributed by atoms with E-state index >= 15 is 0 Å². The summed E-state index contributed by atoms with van der Waals surface area (Å²) in [5.41, 5.74) is 0. The van der Waals surface area contributed by atoms with E-state index in [9.17, 15) is 24.2 Å². The molecule has 9 nitrogen and oxygen atoms in total. The highest BCUT2D eigenvalue weighted by atomic mass is 31.2. The fourth-order valence-corrected chi connectivity index (χ4v) is 7.09. The van der Waals surface area contributed by atoms with Crippen LogP contribution in [0.1, 0.15) is 213 Å². The number of ether oxygens (including phenoxy) is 1. The predicted octanol–water partition coefficient (Wildman–Crippen LogP) is 12.9. The fourth-order valence-electron chi connectivity index (χ4n) is 6.33. The Kier molecular flexibility index (Phi) is 41.5. The van der Waals surface area contributed by atoms with Crippen molar-refractivity contribution in [2.75, 3.05) is 26.4 Å². The van der Waals surface area contributed by atoms with Crippen molar-refractivity contribution < 1.29 is 37.9 Å². The first kappa shape index (κ1) is 54.2. The Morgan fingerprint density at radius 2 is 0.964 bits per heavy atom. The molecule has 0 saturated carbocycles. The molecule has 0 spiro atoms. The number of carbonyl (C=O) groups is 2. The second-order valence-electron chi connectivity index (χ2n) is 15.4. The monoisotopic (exact) mass is 812 g/mol. The highest BCUT2D eigenvalue weighted by molar-refractivity contribution is 7.47. The molecule has 0 aliphatic rings. The summed E-state index contributed by atoms with van der Waals surface area (Å²) in [7, 11) is -4.42. The van der Waals surface area contributed by atoms with Gasteiger partial charge >= 0.3 is 13.8 Å². The largest absolute Gasteiger partial charge is 0.472 e. The average Bonchev–Trinajstić information content (AvgIpc) is 3.18. The Morgan fingerprint density at radius 1 is 0.554 bits per heavy atom. The van der Waals surface area contributed by atoms with Crippen molar-refractivity contribution in [2.24, 2.45) is 0 Å². The van der Waals surface area contributed by atoms with Crippen LogP contribution in [0.15, 0.2) is 36.5 Å². The van der Waals surface area contributed by atoms with E-state index in [0.717, 1.165) is 51.4 Å². The molecule has 56 heavy (non-hydrogen) atoms. The number of allylic oxidation sites excluding steroid dienone is 6. The summed E-state index contributed by atoms with van der Waals surface area (Å²) in [6, 6.07) is 0. The van der Waals surface area contributed by atoms with Gasteiger partial charge in [-0.25, -0.2) is 4.57 Å². The smallest absolute Gasteiger partial charge is 0.463 e. The number of hydrogen-bond acceptors (Lipinski definition) is 7. The van der Waals surface area contributed by atoms with Gasteiger partial charge in [-0.1, -0.05) is 185 Å². The third-order valence-corrected chi connectivity index (χ3v) is 10.8. The van der Waals surface area contributed by atoms with Crippen LogP contribution in [0.4, 0.5) is 0 Å². The number of carbonyl (C=O) groups excluding carboxylic acids is 2. The maximum absolute atomic E-state index is 12.1. The molecule has 2 unspecified atom stereocenters. The summed E-state index contributed by atoms with van der Waals surface area (Å²) in [5.74, 6) is -0.516. The predicted molar refractivity (Wildman–Crippen MR) is 234 cm³/mol. The number of rotatable bonds is 43. The lowest BCUT2D eigenvalue weighted by Crippen LogP contribution is -2.27. The summed E-state index contributed by atoms with van der Waals surface area (Å²) in [4.78, 5) is 33.9. The molecule has 0 saturated heterocycles. The normalized spacial score (nSPS) is 13.6. The highest BCUT2D eigenvalue weighted by Gasteiger charge is 2.23. The summed E-state index contributed by atoms with van der Waals surface area (Å²) in [6.07, 6.45) is 47.9. The Morgan fingerprint density at radius 3 is 1.48 bits per heavy atom. The second-order valence-corrected chi connectivity index (χ2v) is 16.8. The van der Waals surface area contributed by atoms with E-state index in [1.807, 2.05) is 0 Å². The molecule has 0 heterocycles. The minimum Gasteiger partial charge on any atom is -0.463 e. The lowest BCUT2D eigenvalue weighted by atomic mass is 10.0. The van der Waals surface area contributed by atoms with Gasteiger partial charge < -0.3 is 20.1 Å². The fraction of sp³-hybridized carbons (Fsp3) is 0.826. The number of aliphatic hydroxyl groups excluding tert-OH is 1. The molecule has 0 rings (SSSR count). The Hall–Kier alpha value is -1.77. The standard InChI is InChI=1S/C46H86NO8P/c1-3-5-7-9-11-13-15-17-18-19-20-21-22-23-24-25-26-27-28-30-32-34-36-38-45(49)47-40-41-54-56(51,52)55-43-44(48)42-53-46(50)39-37-35-33-31-29-16-14-12-10-8-6-4-2/h11,13,17-18,20-21,44,48H,3-10,12,14-16,19,22-43H2,1-2H3,(H,47,49)(H,51,52)/b13-11-,18-17-,21-20-. The molecule has 10 heteroatoms. The minimum atomic E-state index is -4.42. The molecular weight excluding hydrogens is 725 g/mol. The third-order valence-electron chi connectivity index (χ3n) is 9.82. The molecule has 328 valence electrons. The van der Waals surface area contributed by atoms with Gasteiger partial charge in [0.05, 0.1) is 13.2 Å². The Balaban J connectivity index is 3.57. The van der Waals surface area contributed by atoms with Crippen molar-refractivity contribution in [2.45, 2.75) is 219 Å². The summed E-state index contributed by atoms with van der Waals surface area (Å²) in [5, 5.41) is 12.7. The first-order valence-electron chi connectivity index (χ1n) is 23.0. The van der Waals surface area contributed by atoms with Crippen molar-refractivity contribution >= 4 is 19.7 Å². The minimum absolute atomic E-state index is 0.0804. The van der Waals surface area contributed by atoms with E-state index in [1.54, 1.807) is 0 Å². The first-order chi connectivity index (χ1) is 27.3. The van der Waals surface area contributed by atoms with E-state index < -0.39 is 26.5 Å². The van der Waals surface area contributed by atoms with E-state index in [0.29, 0.717) is 6.42 Å². The van der Waals surface area contributed by atoms with Crippen LogP contribution in [0.3, 0.4) is 0 Å². The van der Waals surface area contributed by atoms with Crippen LogP contribution >= 0.6 is 7.82 Å². The lowest BCUT2D eigenvalue weighted by molar-refractivity contribution is -0.147. The van der Waals surface area contributed by atoms with Crippen molar-refractivity contribution in [1.82, 2.24) is 5.32 Å². The van der Waals surface area contributed by atoms with Crippen LogP contribution in [0.25, 0.3) is 0 Å². The van der Waals surface area contributed by atoms with Crippen LogP contribution in [-0.4, -0.2) is 54.3 Å². The quantitative estimate of drug-likeness (QED) is 0.0240. The molecule has 0 aromatic rings. The summed E-state index contributed by atoms with van der Waals surface area (Å²) >= 11 is 0. The van der Waals surface area contributed by atoms with Crippen LogP contribution in [0.5, 0.6) is 0 Å². The van der Waals surface area contributed by atoms with Gasteiger partial charge in [0.25, 0.3) is 0 Å². The SMILES string of the molecule is CCCCC/C=C\C/C=C\C/C=C\CCCCCCCCCCCCC(=O)NCCOP(=O)(O)OCC(O)COC(=O)CCCCCCCCCCCCCC. The number of phosphoric ester groups is 1. The van der Waals surface area contributed by atoms with E-state index in [-0.39, 0.29) is 32.1 Å². The topological polar surface area (TPSA) is 131 Å². The number of aliphatic hydroxyl groups is 1. The molecule has 0 radical (unpaired) electrons. The van der Waals surface area contributed by atoms with Crippen LogP contribution in [0.2, 0.25) is 0 Å². The molecule has 3 N–H and O–H groups in total. The van der Waals surface area contributed by atoms with Crippen molar-refractivity contribution in [3.8, 4) is 0 Å². The Bertz CT molecular complexity index is 1020. The summed E-state index contributed by atoms with van der Waals surface area (Å²) < 4.78 is 26.9. The zero-order valence-corrected chi connectivity index (χ0v) is 37.0. The maximum Gasteiger partial charge on any atom is 0.472 e. The van der Waals surface area contributed by atoms with Gasteiger partial charge in [0.2, 0.25) is 5.91 Å². The summed E-state index contributed by atoms with van der Waals surface area (Å²) in [6.45, 7) is 3.53. The molecule has 1 amide bonds. The zero-order valence-electron chi connectivity index (χ0n) is 36.1. The van der Waals surface area contributed by atoms with E-state index in [4.69, 9.17) is 13.8 Å². The molecule has 0 aliphatic heterocycles. The lowest BCUT2D eigenvalue weighted by Gasteiger charge is -2.15. The molecule has 0 aromatic carbocycles. The molecule has 0 aliphatic carbocycles. The van der Waals surface area contributed by atoms with Crippen LogP contribution in [-0.2, 0) is 27.9 Å². The number of phosphoric acid groups is 1. The van der Waals surface area contributed by atoms with Crippen LogP contribution in [0, 0.1) is 0 Å². The molecular formula is C46H86NO8P. The van der Waals surface area contributed by atoms with Gasteiger partial charge in [0, 0.05) is 19.4 Å². The number of unbranched alkanes of at least 4 members (excludes halogenated alkanes) is 24. The van der Waals surface area contributed by atoms with Gasteiger partial charge in [-0.15, -0.1) is 0 Å². The van der Waals surface area contributed by atoms with Crippen LogP contribution < -0.4 is 5.32 Å². The number of amides is 1. The molecule has 0 fully saturated rings. The Labute approximate surface area is 343 Å². The van der Waals surface area contributed by atoms with Gasteiger partial charge in [-0.2, -0.15) is 0 Å². The maximum atomic E-state index is 12.1. The van der Waals surface area contributed by atoms with Crippen molar-refractivity contribution in [1.29, 1.82) is 0 Å². The van der Waals surface area contributed by atoms with Crippen molar-refractivity contribution in [3.05, 3.63) is 36.5 Å². The third kappa shape index (κ3) is 43.4. The average molecular weight is 812 g/mol. The second kappa shape index (κ2) is 42.8. The zero-order chi connectivity index (χ0) is 41.1. The number of nitrogens with one attached hydrogen (secondary N) is 1. The number of esters is 1. The van der Waals surface area contributed by atoms with E-state index in [2.05, 4.69) is 55.6 Å².